The molecule has 1 aromatic heterocycles. The molecule has 1 saturated heterocycles. The summed E-state index contributed by atoms with van der Waals surface area (Å²) in [5.74, 6) is 1.76. The summed E-state index contributed by atoms with van der Waals surface area (Å²) in [6.45, 7) is 2.99. The maximum absolute atomic E-state index is 9.14. The first-order valence-electron chi connectivity index (χ1n) is 7.06. The molecule has 106 valence electrons. The minimum Gasteiger partial charge on any atom is -0.396 e. The number of hydrogen-bond acceptors (Lipinski definition) is 5. The van der Waals surface area contributed by atoms with Gasteiger partial charge >= 0.3 is 0 Å². The highest BCUT2D eigenvalue weighted by atomic mass is 16.5. The molecule has 2 heterocycles. The van der Waals surface area contributed by atoms with Crippen LogP contribution in [0.25, 0.3) is 11.5 Å². The fourth-order valence-electron chi connectivity index (χ4n) is 2.54. The molecule has 3 rings (SSSR count). The molecule has 0 atom stereocenters. The third-order valence-corrected chi connectivity index (χ3v) is 3.82. The summed E-state index contributed by atoms with van der Waals surface area (Å²) >= 11 is 0. The van der Waals surface area contributed by atoms with E-state index in [4.69, 9.17) is 9.63 Å². The number of piperidine rings is 1. The van der Waals surface area contributed by atoms with Gasteiger partial charge in [0.05, 0.1) is 6.54 Å². The van der Waals surface area contributed by atoms with Crippen molar-refractivity contribution in [2.24, 2.45) is 5.92 Å². The zero-order chi connectivity index (χ0) is 13.8. The lowest BCUT2D eigenvalue weighted by Crippen LogP contribution is -2.34. The molecule has 5 heteroatoms. The zero-order valence-electron chi connectivity index (χ0n) is 11.4. The SMILES string of the molecule is OCC1CCN(Cc2noc(-c3ccccc3)n2)CC1. The highest BCUT2D eigenvalue weighted by molar-refractivity contribution is 5.51. The molecule has 1 aliphatic rings. The van der Waals surface area contributed by atoms with Crippen molar-refractivity contribution in [1.82, 2.24) is 15.0 Å². The summed E-state index contributed by atoms with van der Waals surface area (Å²) in [7, 11) is 0. The van der Waals surface area contributed by atoms with Crippen molar-refractivity contribution in [1.29, 1.82) is 0 Å². The van der Waals surface area contributed by atoms with Gasteiger partial charge in [0.15, 0.2) is 5.82 Å². The topological polar surface area (TPSA) is 62.4 Å². The Morgan fingerprint density at radius 3 is 2.65 bits per heavy atom. The Hall–Kier alpha value is -1.72. The third kappa shape index (κ3) is 3.05. The van der Waals surface area contributed by atoms with Gasteiger partial charge in [-0.15, -0.1) is 0 Å². The zero-order valence-corrected chi connectivity index (χ0v) is 11.4. The van der Waals surface area contributed by atoms with Crippen molar-refractivity contribution >= 4 is 0 Å². The maximum atomic E-state index is 9.14. The summed E-state index contributed by atoms with van der Waals surface area (Å²) in [6.07, 6.45) is 2.08. The number of aromatic nitrogens is 2. The second-order valence-corrected chi connectivity index (χ2v) is 5.28. The Balaban J connectivity index is 1.61. The van der Waals surface area contributed by atoms with Crippen LogP contribution in [0.2, 0.25) is 0 Å². The smallest absolute Gasteiger partial charge is 0.257 e. The van der Waals surface area contributed by atoms with Crippen LogP contribution in [0.1, 0.15) is 18.7 Å². The Kier molecular flexibility index (Phi) is 4.08. The van der Waals surface area contributed by atoms with Crippen molar-refractivity contribution in [3.05, 3.63) is 36.2 Å². The van der Waals surface area contributed by atoms with E-state index in [2.05, 4.69) is 15.0 Å². The molecule has 0 unspecified atom stereocenters. The first kappa shape index (κ1) is 13.3. The van der Waals surface area contributed by atoms with Crippen molar-refractivity contribution < 1.29 is 9.63 Å². The van der Waals surface area contributed by atoms with Crippen LogP contribution in [0.5, 0.6) is 0 Å². The molecule has 0 bridgehead atoms. The van der Waals surface area contributed by atoms with E-state index in [-0.39, 0.29) is 0 Å². The molecular formula is C15H19N3O2. The van der Waals surface area contributed by atoms with Crippen molar-refractivity contribution in [2.75, 3.05) is 19.7 Å². The van der Waals surface area contributed by atoms with Gasteiger partial charge in [-0.05, 0) is 44.0 Å². The molecule has 0 amide bonds. The van der Waals surface area contributed by atoms with E-state index in [0.29, 0.717) is 25.0 Å². The van der Waals surface area contributed by atoms with E-state index in [1.54, 1.807) is 0 Å². The monoisotopic (exact) mass is 273 g/mol. The van der Waals surface area contributed by atoms with Crippen LogP contribution >= 0.6 is 0 Å². The van der Waals surface area contributed by atoms with Crippen LogP contribution < -0.4 is 0 Å². The molecule has 0 saturated carbocycles. The number of aliphatic hydroxyl groups is 1. The summed E-state index contributed by atoms with van der Waals surface area (Å²) in [5.41, 5.74) is 0.949. The largest absolute Gasteiger partial charge is 0.396 e. The third-order valence-electron chi connectivity index (χ3n) is 3.82. The van der Waals surface area contributed by atoms with Gasteiger partial charge in [0.2, 0.25) is 0 Å². The van der Waals surface area contributed by atoms with Crippen molar-refractivity contribution in [3.8, 4) is 11.5 Å². The molecule has 1 fully saturated rings. The first-order chi connectivity index (χ1) is 9.85. The molecule has 2 aromatic rings. The molecule has 0 radical (unpaired) electrons. The second kappa shape index (κ2) is 6.15. The van der Waals surface area contributed by atoms with E-state index in [1.165, 1.54) is 0 Å². The summed E-state index contributed by atoms with van der Waals surface area (Å²) < 4.78 is 5.31. The number of nitrogens with zero attached hydrogens (tertiary/aromatic N) is 3. The van der Waals surface area contributed by atoms with Crippen LogP contribution in [0.4, 0.5) is 0 Å². The van der Waals surface area contributed by atoms with E-state index in [1.807, 2.05) is 30.3 Å². The van der Waals surface area contributed by atoms with Crippen molar-refractivity contribution in [2.45, 2.75) is 19.4 Å². The first-order valence-corrected chi connectivity index (χ1v) is 7.06. The molecule has 5 nitrogen and oxygen atoms in total. The lowest BCUT2D eigenvalue weighted by molar-refractivity contribution is 0.125. The molecule has 0 spiro atoms. The van der Waals surface area contributed by atoms with Gasteiger partial charge < -0.3 is 9.63 Å². The molecular weight excluding hydrogens is 254 g/mol. The average Bonchev–Trinajstić information content (AvgIpc) is 2.97. The average molecular weight is 273 g/mol. The molecule has 0 aliphatic carbocycles. The minimum absolute atomic E-state index is 0.300. The standard InChI is InChI=1S/C15H19N3O2/c19-11-12-6-8-18(9-7-12)10-14-16-15(20-17-14)13-4-2-1-3-5-13/h1-5,12,19H,6-11H2. The van der Waals surface area contributed by atoms with Gasteiger partial charge in [-0.3, -0.25) is 4.90 Å². The summed E-state index contributed by atoms with van der Waals surface area (Å²) in [5, 5.41) is 13.2. The molecule has 1 aliphatic heterocycles. The Bertz CT molecular complexity index is 533. The Morgan fingerprint density at radius 2 is 1.95 bits per heavy atom. The highest BCUT2D eigenvalue weighted by Crippen LogP contribution is 2.19. The second-order valence-electron chi connectivity index (χ2n) is 5.28. The van der Waals surface area contributed by atoms with Gasteiger partial charge in [-0.25, -0.2) is 0 Å². The van der Waals surface area contributed by atoms with Crippen LogP contribution in [0.15, 0.2) is 34.9 Å². The number of rotatable bonds is 4. The van der Waals surface area contributed by atoms with Gasteiger partial charge in [-0.2, -0.15) is 4.98 Å². The van der Waals surface area contributed by atoms with E-state index in [0.717, 1.165) is 37.3 Å². The van der Waals surface area contributed by atoms with Crippen molar-refractivity contribution in [3.63, 3.8) is 0 Å². The van der Waals surface area contributed by atoms with E-state index in [9.17, 15) is 0 Å². The van der Waals surface area contributed by atoms with Crippen LogP contribution in [-0.2, 0) is 6.54 Å². The fraction of sp³-hybridized carbons (Fsp3) is 0.467. The Morgan fingerprint density at radius 1 is 1.20 bits per heavy atom. The van der Waals surface area contributed by atoms with Gasteiger partial charge in [0, 0.05) is 12.2 Å². The Labute approximate surface area is 118 Å². The van der Waals surface area contributed by atoms with Gasteiger partial charge in [0.1, 0.15) is 0 Å². The number of hydrogen-bond donors (Lipinski definition) is 1. The van der Waals surface area contributed by atoms with E-state index < -0.39 is 0 Å². The van der Waals surface area contributed by atoms with Crippen LogP contribution in [0.3, 0.4) is 0 Å². The van der Waals surface area contributed by atoms with Gasteiger partial charge in [0.25, 0.3) is 5.89 Å². The van der Waals surface area contributed by atoms with Gasteiger partial charge in [-0.1, -0.05) is 23.4 Å². The maximum Gasteiger partial charge on any atom is 0.257 e. The van der Waals surface area contributed by atoms with Crippen LogP contribution in [-0.4, -0.2) is 39.8 Å². The van der Waals surface area contributed by atoms with Crippen LogP contribution in [0, 0.1) is 5.92 Å². The predicted molar refractivity (Wildman–Crippen MR) is 74.8 cm³/mol. The van der Waals surface area contributed by atoms with E-state index >= 15 is 0 Å². The predicted octanol–water partition coefficient (Wildman–Crippen LogP) is 1.94. The highest BCUT2D eigenvalue weighted by Gasteiger charge is 2.20. The number of likely N-dealkylation sites (tertiary alicyclic amines) is 1. The minimum atomic E-state index is 0.300. The number of aliphatic hydroxyl groups excluding tert-OH is 1. The molecule has 1 aromatic carbocycles. The normalized spacial score (nSPS) is 17.4. The fourth-order valence-corrected chi connectivity index (χ4v) is 2.54. The number of benzene rings is 1. The summed E-state index contributed by atoms with van der Waals surface area (Å²) in [6, 6.07) is 9.80. The molecule has 1 N–H and O–H groups in total. The quantitative estimate of drug-likeness (QED) is 0.922. The lowest BCUT2D eigenvalue weighted by atomic mass is 9.98. The molecule has 20 heavy (non-hydrogen) atoms. The lowest BCUT2D eigenvalue weighted by Gasteiger charge is -2.29. The summed E-state index contributed by atoms with van der Waals surface area (Å²) in [4.78, 5) is 6.76.